The average Bonchev–Trinajstić information content (AvgIpc) is 3.31. The van der Waals surface area contributed by atoms with Gasteiger partial charge in [0.15, 0.2) is 0 Å². The number of nitrogens with zero attached hydrogens (tertiary/aromatic N) is 2. The molecule has 33 heavy (non-hydrogen) atoms. The summed E-state index contributed by atoms with van der Waals surface area (Å²) in [5.74, 6) is 0.227. The standard InChI is InChI=1S/C30H28N2O/c1-31-26-19-11-10-18-25(26)27(28(31)22-14-6-3-7-15-22)29-23-16-8-9-17-24(23)30(33)32(29)20-21-12-4-2-5-13-21/h2-7,10-15,18-19,29H,8-9,16-17,20H2,1H3. The Hall–Kier alpha value is -3.59. The van der Waals surface area contributed by atoms with Crippen LogP contribution in [0, 0.1) is 0 Å². The number of rotatable bonds is 4. The maximum absolute atomic E-state index is 13.8. The summed E-state index contributed by atoms with van der Waals surface area (Å²) < 4.78 is 2.31. The molecule has 0 fully saturated rings. The number of aromatic nitrogens is 1. The summed E-state index contributed by atoms with van der Waals surface area (Å²) >= 11 is 0. The highest BCUT2D eigenvalue weighted by Crippen LogP contribution is 2.50. The van der Waals surface area contributed by atoms with E-state index in [0.29, 0.717) is 6.54 Å². The lowest BCUT2D eigenvalue weighted by Gasteiger charge is -2.29. The number of carbonyl (C=O) groups excluding carboxylic acids is 1. The highest BCUT2D eigenvalue weighted by atomic mass is 16.2. The summed E-state index contributed by atoms with van der Waals surface area (Å²) in [6.45, 7) is 0.634. The van der Waals surface area contributed by atoms with Crippen LogP contribution in [0.3, 0.4) is 0 Å². The zero-order valence-electron chi connectivity index (χ0n) is 19.0. The van der Waals surface area contributed by atoms with E-state index in [1.54, 1.807) is 0 Å². The van der Waals surface area contributed by atoms with Crippen LogP contribution >= 0.6 is 0 Å². The average molecular weight is 433 g/mol. The molecule has 0 radical (unpaired) electrons. The van der Waals surface area contributed by atoms with E-state index in [9.17, 15) is 4.79 Å². The molecule has 2 aliphatic rings. The number of aryl methyl sites for hydroxylation is 1. The van der Waals surface area contributed by atoms with Crippen molar-refractivity contribution in [2.24, 2.45) is 7.05 Å². The maximum Gasteiger partial charge on any atom is 0.250 e. The quantitative estimate of drug-likeness (QED) is 0.348. The number of carbonyl (C=O) groups is 1. The Bertz CT molecular complexity index is 1360. The van der Waals surface area contributed by atoms with E-state index in [-0.39, 0.29) is 11.9 Å². The number of fused-ring (bicyclic) bond motifs is 1. The van der Waals surface area contributed by atoms with Gasteiger partial charge in [0.2, 0.25) is 0 Å². The summed E-state index contributed by atoms with van der Waals surface area (Å²) in [6, 6.07) is 29.7. The molecule has 1 aromatic heterocycles. The van der Waals surface area contributed by atoms with Gasteiger partial charge >= 0.3 is 0 Å². The van der Waals surface area contributed by atoms with E-state index in [2.05, 4.69) is 95.4 Å². The third-order valence-corrected chi connectivity index (χ3v) is 7.33. The fraction of sp³-hybridized carbons (Fsp3) is 0.233. The van der Waals surface area contributed by atoms with Gasteiger partial charge in [-0.2, -0.15) is 0 Å². The van der Waals surface area contributed by atoms with Crippen LogP contribution in [-0.2, 0) is 18.4 Å². The molecule has 0 spiro atoms. The van der Waals surface area contributed by atoms with Crippen molar-refractivity contribution >= 4 is 16.8 Å². The molecule has 1 aliphatic heterocycles. The Labute approximate surface area is 195 Å². The topological polar surface area (TPSA) is 25.2 Å². The first-order valence-electron chi connectivity index (χ1n) is 11.9. The van der Waals surface area contributed by atoms with Crippen LogP contribution in [0.5, 0.6) is 0 Å². The third-order valence-electron chi connectivity index (χ3n) is 7.33. The van der Waals surface area contributed by atoms with Gasteiger partial charge in [-0.15, -0.1) is 0 Å². The van der Waals surface area contributed by atoms with Crippen LogP contribution in [-0.4, -0.2) is 15.4 Å². The summed E-state index contributed by atoms with van der Waals surface area (Å²) in [5, 5.41) is 1.24. The molecule has 1 atom stereocenters. The highest BCUT2D eigenvalue weighted by molar-refractivity contribution is 6.01. The minimum atomic E-state index is -0.0192. The second kappa shape index (κ2) is 8.08. The maximum atomic E-state index is 13.8. The van der Waals surface area contributed by atoms with Crippen molar-refractivity contribution in [2.75, 3.05) is 0 Å². The van der Waals surface area contributed by atoms with Gasteiger partial charge in [-0.3, -0.25) is 4.79 Å². The van der Waals surface area contributed by atoms with Gasteiger partial charge in [0.05, 0.1) is 11.7 Å². The molecule has 0 bridgehead atoms. The van der Waals surface area contributed by atoms with Gasteiger partial charge in [-0.05, 0) is 48.4 Å². The highest BCUT2D eigenvalue weighted by Gasteiger charge is 2.42. The molecule has 1 unspecified atom stereocenters. The monoisotopic (exact) mass is 432 g/mol. The van der Waals surface area contributed by atoms with Crippen molar-refractivity contribution in [1.29, 1.82) is 0 Å². The normalized spacial score (nSPS) is 18.3. The Morgan fingerprint density at radius 3 is 2.27 bits per heavy atom. The molecular weight excluding hydrogens is 404 g/mol. The summed E-state index contributed by atoms with van der Waals surface area (Å²) in [5.41, 5.74) is 8.48. The summed E-state index contributed by atoms with van der Waals surface area (Å²) in [7, 11) is 2.16. The SMILES string of the molecule is Cn1c(-c2ccccc2)c(C2C3=C(CCCC3)C(=O)N2Cc2ccccc2)c2ccccc21. The van der Waals surface area contributed by atoms with Crippen molar-refractivity contribution in [3.8, 4) is 11.3 Å². The third kappa shape index (κ3) is 3.22. The van der Waals surface area contributed by atoms with E-state index in [0.717, 1.165) is 31.3 Å². The largest absolute Gasteiger partial charge is 0.343 e. The van der Waals surface area contributed by atoms with Crippen LogP contribution in [0.1, 0.15) is 42.9 Å². The lowest BCUT2D eigenvalue weighted by Crippen LogP contribution is -2.30. The summed E-state index contributed by atoms with van der Waals surface area (Å²) in [6.07, 6.45) is 4.18. The predicted molar refractivity (Wildman–Crippen MR) is 134 cm³/mol. The van der Waals surface area contributed by atoms with Crippen molar-refractivity contribution in [3.63, 3.8) is 0 Å². The van der Waals surface area contributed by atoms with E-state index in [1.165, 1.54) is 38.9 Å². The van der Waals surface area contributed by atoms with Crippen LogP contribution in [0.2, 0.25) is 0 Å². The Kier molecular flexibility index (Phi) is 4.91. The molecule has 0 saturated carbocycles. The molecule has 3 heteroatoms. The van der Waals surface area contributed by atoms with Crippen molar-refractivity contribution in [1.82, 2.24) is 9.47 Å². The fourth-order valence-electron chi connectivity index (χ4n) is 5.87. The molecule has 164 valence electrons. The van der Waals surface area contributed by atoms with Crippen molar-refractivity contribution in [2.45, 2.75) is 38.3 Å². The zero-order chi connectivity index (χ0) is 22.4. The molecule has 3 aromatic carbocycles. The van der Waals surface area contributed by atoms with Gasteiger partial charge < -0.3 is 9.47 Å². The lowest BCUT2D eigenvalue weighted by molar-refractivity contribution is -0.127. The predicted octanol–water partition coefficient (Wildman–Crippen LogP) is 6.80. The zero-order valence-corrected chi connectivity index (χ0v) is 19.0. The van der Waals surface area contributed by atoms with Gasteiger partial charge in [-0.1, -0.05) is 78.9 Å². The smallest absolute Gasteiger partial charge is 0.250 e. The Morgan fingerprint density at radius 1 is 0.818 bits per heavy atom. The number of amides is 1. The van der Waals surface area contributed by atoms with Crippen LogP contribution in [0.4, 0.5) is 0 Å². The van der Waals surface area contributed by atoms with Gasteiger partial charge in [0, 0.05) is 35.6 Å². The van der Waals surface area contributed by atoms with Crippen LogP contribution in [0.15, 0.2) is 96.1 Å². The minimum absolute atomic E-state index is 0.0192. The second-order valence-electron chi connectivity index (χ2n) is 9.24. The minimum Gasteiger partial charge on any atom is -0.343 e. The van der Waals surface area contributed by atoms with Crippen LogP contribution in [0.25, 0.3) is 22.2 Å². The molecule has 4 aromatic rings. The van der Waals surface area contributed by atoms with E-state index in [4.69, 9.17) is 0 Å². The lowest BCUT2D eigenvalue weighted by atomic mass is 9.86. The molecule has 3 nitrogen and oxygen atoms in total. The Morgan fingerprint density at radius 2 is 1.48 bits per heavy atom. The first-order valence-corrected chi connectivity index (χ1v) is 11.9. The number of hydrogen-bond acceptors (Lipinski definition) is 1. The molecule has 6 rings (SSSR count). The van der Waals surface area contributed by atoms with E-state index < -0.39 is 0 Å². The number of benzene rings is 3. The fourth-order valence-corrected chi connectivity index (χ4v) is 5.87. The van der Waals surface area contributed by atoms with Crippen molar-refractivity contribution in [3.05, 3.63) is 107 Å². The van der Waals surface area contributed by atoms with Crippen molar-refractivity contribution < 1.29 is 4.79 Å². The molecule has 0 N–H and O–H groups in total. The molecule has 1 aliphatic carbocycles. The van der Waals surface area contributed by atoms with E-state index in [1.807, 2.05) is 6.07 Å². The molecular formula is C30H28N2O. The number of para-hydroxylation sites is 1. The first kappa shape index (κ1) is 20.0. The second-order valence-corrected chi connectivity index (χ2v) is 9.24. The van der Waals surface area contributed by atoms with Gasteiger partial charge in [0.1, 0.15) is 0 Å². The van der Waals surface area contributed by atoms with Gasteiger partial charge in [-0.25, -0.2) is 0 Å². The van der Waals surface area contributed by atoms with Crippen LogP contribution < -0.4 is 0 Å². The number of hydrogen-bond donors (Lipinski definition) is 0. The summed E-state index contributed by atoms with van der Waals surface area (Å²) in [4.78, 5) is 15.9. The Balaban J connectivity index is 1.61. The molecule has 1 amide bonds. The first-order chi connectivity index (χ1) is 16.2. The molecule has 0 saturated heterocycles. The molecule has 2 heterocycles. The van der Waals surface area contributed by atoms with Gasteiger partial charge in [0.25, 0.3) is 5.91 Å². The van der Waals surface area contributed by atoms with E-state index >= 15 is 0 Å².